The topological polar surface area (TPSA) is 129 Å². The summed E-state index contributed by atoms with van der Waals surface area (Å²) in [6.45, 7) is 0.155. The largest absolute Gasteiger partial charge is 0.323 e. The first-order chi connectivity index (χ1) is 26.1. The van der Waals surface area contributed by atoms with Crippen molar-refractivity contribution < 1.29 is 23.2 Å². The van der Waals surface area contributed by atoms with Crippen LogP contribution in [0.5, 0.6) is 0 Å². The number of halogens is 2. The molecule has 0 radical (unpaired) electrons. The van der Waals surface area contributed by atoms with Crippen molar-refractivity contribution in [1.82, 2.24) is 19.6 Å². The quantitative estimate of drug-likeness (QED) is 0.0825. The first-order valence-corrected chi connectivity index (χ1v) is 19.4. The molecule has 2 amide bonds. The summed E-state index contributed by atoms with van der Waals surface area (Å²) in [5.74, 6) is -0.578. The smallest absolute Gasteiger partial charge is 0.319 e. The summed E-state index contributed by atoms with van der Waals surface area (Å²) >= 11 is 6.91. The lowest BCUT2D eigenvalue weighted by Crippen LogP contribution is -2.07. The van der Waals surface area contributed by atoms with Crippen LogP contribution in [-0.4, -0.2) is 31.4 Å². The Kier molecular flexibility index (Phi) is 13.0. The molecule has 0 aliphatic heterocycles. The highest BCUT2D eigenvalue weighted by molar-refractivity contribution is 9.10. The molecule has 54 heavy (non-hydrogen) atoms. The summed E-state index contributed by atoms with van der Waals surface area (Å²) in [5.41, 5.74) is 8.14. The summed E-state index contributed by atoms with van der Waals surface area (Å²) in [6, 6.07) is 29.9. The Hall–Kier alpha value is -5.17. The molecular weight excluding hydrogens is 835 g/mol. The molecule has 274 valence electrons. The summed E-state index contributed by atoms with van der Waals surface area (Å²) < 4.78 is 28.8. The second kappa shape index (κ2) is 18.2. The Labute approximate surface area is 329 Å². The fraction of sp³-hybridized carbons (Fsp3) is 0.100. The van der Waals surface area contributed by atoms with Gasteiger partial charge in [-0.1, -0.05) is 80.4 Å². The van der Waals surface area contributed by atoms with Crippen molar-refractivity contribution in [3.05, 3.63) is 153 Å². The SMILES string of the molecule is Cn1ncc(/C=C/C(=O)Nc2ccc(CO[PH](=O)OCc3ccc(NC(=O)/C=C/c4cnn(C)c4-c4ccc(Br)cc4)cc3)cc2)c1-c1ccc(Br)cc1. The van der Waals surface area contributed by atoms with Gasteiger partial charge in [-0.05, 0) is 71.8 Å². The standard InChI is InChI=1S/C40H35Br2N6O5P/c1-47-39(29-7-13-33(41)14-8-29)31(23-43-47)11-21-37(49)45-35-17-3-27(4-18-35)25-52-54(51)53-26-28-5-19-36(20-6-28)46-38(50)22-12-32-24-44-48(2)40(32)30-9-15-34(42)16-10-30/h3-24,54H,25-26H2,1-2H3,(H,45,49)(H,46,50)/b21-11+,22-12+. The molecule has 6 aromatic rings. The fourth-order valence-corrected chi connectivity index (χ4v) is 6.65. The molecule has 0 atom stereocenters. The zero-order valence-electron chi connectivity index (χ0n) is 29.2. The number of amides is 2. The molecule has 2 heterocycles. The van der Waals surface area contributed by atoms with Gasteiger partial charge in [-0.3, -0.25) is 23.5 Å². The average molecular weight is 871 g/mol. The van der Waals surface area contributed by atoms with E-state index in [9.17, 15) is 14.2 Å². The number of hydrogen-bond donors (Lipinski definition) is 2. The number of hydrogen-bond acceptors (Lipinski definition) is 7. The van der Waals surface area contributed by atoms with Gasteiger partial charge in [-0.15, -0.1) is 0 Å². The van der Waals surface area contributed by atoms with Crippen LogP contribution >= 0.6 is 40.1 Å². The van der Waals surface area contributed by atoms with E-state index < -0.39 is 8.25 Å². The molecule has 0 aliphatic carbocycles. The highest BCUT2D eigenvalue weighted by Gasteiger charge is 2.11. The highest BCUT2D eigenvalue weighted by atomic mass is 79.9. The van der Waals surface area contributed by atoms with Crippen molar-refractivity contribution in [2.75, 3.05) is 10.6 Å². The number of nitrogens with one attached hydrogen (secondary N) is 2. The lowest BCUT2D eigenvalue weighted by atomic mass is 10.1. The second-order valence-corrected chi connectivity index (χ2v) is 14.9. The normalized spacial score (nSPS) is 11.5. The third-order valence-electron chi connectivity index (χ3n) is 8.15. The minimum atomic E-state index is -2.78. The van der Waals surface area contributed by atoms with Crippen LogP contribution in [0.3, 0.4) is 0 Å². The van der Waals surface area contributed by atoms with Gasteiger partial charge in [0.25, 0.3) is 0 Å². The predicted molar refractivity (Wildman–Crippen MR) is 219 cm³/mol. The van der Waals surface area contributed by atoms with Crippen LogP contribution in [0.1, 0.15) is 22.3 Å². The van der Waals surface area contributed by atoms with E-state index in [4.69, 9.17) is 9.05 Å². The van der Waals surface area contributed by atoms with E-state index in [1.54, 1.807) is 82.4 Å². The van der Waals surface area contributed by atoms with E-state index in [0.717, 1.165) is 53.7 Å². The van der Waals surface area contributed by atoms with Crippen molar-refractivity contribution in [1.29, 1.82) is 0 Å². The fourth-order valence-electron chi connectivity index (χ4n) is 5.47. The zero-order valence-corrected chi connectivity index (χ0v) is 33.4. The Morgan fingerprint density at radius 3 is 1.37 bits per heavy atom. The van der Waals surface area contributed by atoms with E-state index in [0.29, 0.717) is 11.4 Å². The molecule has 14 heteroatoms. The number of carbonyl (C=O) groups is 2. The molecule has 6 rings (SSSR count). The lowest BCUT2D eigenvalue weighted by molar-refractivity contribution is -0.112. The van der Waals surface area contributed by atoms with E-state index in [2.05, 4.69) is 52.7 Å². The maximum atomic E-state index is 12.6. The number of aromatic nitrogens is 4. The van der Waals surface area contributed by atoms with Crippen molar-refractivity contribution in [2.24, 2.45) is 14.1 Å². The molecule has 0 fully saturated rings. The van der Waals surface area contributed by atoms with Crippen molar-refractivity contribution in [3.63, 3.8) is 0 Å². The third-order valence-corrected chi connectivity index (χ3v) is 9.97. The minimum Gasteiger partial charge on any atom is -0.323 e. The summed E-state index contributed by atoms with van der Waals surface area (Å²) in [6.07, 6.45) is 9.83. The molecular formula is C40H35Br2N6O5P. The number of anilines is 2. The maximum Gasteiger partial charge on any atom is 0.319 e. The Morgan fingerprint density at radius 1 is 0.630 bits per heavy atom. The van der Waals surface area contributed by atoms with Crippen molar-refractivity contribution >= 4 is 75.5 Å². The Morgan fingerprint density at radius 2 is 1.00 bits per heavy atom. The summed E-state index contributed by atoms with van der Waals surface area (Å²) in [5, 5.41) is 14.4. The highest BCUT2D eigenvalue weighted by Crippen LogP contribution is 2.29. The van der Waals surface area contributed by atoms with Gasteiger partial charge in [0.05, 0.1) is 37.0 Å². The molecule has 2 aromatic heterocycles. The van der Waals surface area contributed by atoms with Crippen LogP contribution in [0.25, 0.3) is 34.7 Å². The molecule has 0 bridgehead atoms. The Balaban J connectivity index is 0.922. The molecule has 11 nitrogen and oxygen atoms in total. The monoisotopic (exact) mass is 868 g/mol. The number of aryl methyl sites for hydroxylation is 2. The van der Waals surface area contributed by atoms with Gasteiger partial charge in [0.1, 0.15) is 0 Å². The number of carbonyl (C=O) groups excluding carboxylic acids is 2. The van der Waals surface area contributed by atoms with Crippen molar-refractivity contribution in [3.8, 4) is 22.5 Å². The molecule has 4 aromatic carbocycles. The predicted octanol–water partition coefficient (Wildman–Crippen LogP) is 9.44. The Bertz CT molecular complexity index is 2160. The van der Waals surface area contributed by atoms with Gasteiger partial charge in [0, 0.05) is 68.8 Å². The first-order valence-electron chi connectivity index (χ1n) is 16.6. The van der Waals surface area contributed by atoms with Gasteiger partial charge in [0.2, 0.25) is 11.8 Å². The molecule has 0 spiro atoms. The second-order valence-electron chi connectivity index (χ2n) is 12.0. The van der Waals surface area contributed by atoms with Crippen LogP contribution < -0.4 is 10.6 Å². The minimum absolute atomic E-state index is 0.0773. The molecule has 2 N–H and O–H groups in total. The van der Waals surface area contributed by atoms with Crippen LogP contribution in [-0.2, 0) is 50.5 Å². The molecule has 0 aliphatic rings. The molecule has 0 saturated carbocycles. The van der Waals surface area contributed by atoms with Gasteiger partial charge < -0.3 is 19.7 Å². The van der Waals surface area contributed by atoms with Crippen LogP contribution in [0.2, 0.25) is 0 Å². The number of benzene rings is 4. The molecule has 0 saturated heterocycles. The lowest BCUT2D eigenvalue weighted by Gasteiger charge is -2.08. The van der Waals surface area contributed by atoms with Gasteiger partial charge in [-0.2, -0.15) is 10.2 Å². The molecule has 0 unspecified atom stereocenters. The summed E-state index contributed by atoms with van der Waals surface area (Å²) in [4.78, 5) is 25.3. The number of rotatable bonds is 14. The van der Waals surface area contributed by atoms with Gasteiger partial charge >= 0.3 is 8.25 Å². The van der Waals surface area contributed by atoms with E-state index in [1.165, 1.54) is 12.2 Å². The summed E-state index contributed by atoms with van der Waals surface area (Å²) in [7, 11) is 0.935. The zero-order chi connectivity index (χ0) is 38.0. The van der Waals surface area contributed by atoms with Gasteiger partial charge in [0.15, 0.2) is 0 Å². The van der Waals surface area contributed by atoms with Crippen LogP contribution in [0.15, 0.2) is 131 Å². The number of nitrogens with zero attached hydrogens (tertiary/aromatic N) is 4. The maximum absolute atomic E-state index is 12.6. The van der Waals surface area contributed by atoms with E-state index in [1.807, 2.05) is 62.6 Å². The van der Waals surface area contributed by atoms with E-state index >= 15 is 0 Å². The van der Waals surface area contributed by atoms with Crippen LogP contribution in [0, 0.1) is 0 Å². The van der Waals surface area contributed by atoms with Crippen molar-refractivity contribution in [2.45, 2.75) is 13.2 Å². The third kappa shape index (κ3) is 10.5. The van der Waals surface area contributed by atoms with Gasteiger partial charge in [-0.25, -0.2) is 0 Å². The van der Waals surface area contributed by atoms with E-state index in [-0.39, 0.29) is 25.0 Å². The average Bonchev–Trinajstić information content (AvgIpc) is 3.74. The van der Waals surface area contributed by atoms with Crippen LogP contribution in [0.4, 0.5) is 11.4 Å². The first kappa shape index (κ1) is 38.6.